The molecule has 0 saturated heterocycles. The predicted molar refractivity (Wildman–Crippen MR) is 122 cm³/mol. The molecule has 0 fully saturated rings. The fourth-order valence-electron chi connectivity index (χ4n) is 4.73. The lowest BCUT2D eigenvalue weighted by Gasteiger charge is -2.37. The van der Waals surface area contributed by atoms with Crippen LogP contribution in [0, 0.1) is 47.0 Å². The fraction of sp³-hybridized carbons (Fsp3) is 0.375. The zero-order valence-electron chi connectivity index (χ0n) is 19.7. The third-order valence-corrected chi connectivity index (χ3v) is 5.94. The van der Waals surface area contributed by atoms with Gasteiger partial charge >= 0.3 is 18.8 Å². The number of carbonyl (C=O) groups excluding carboxylic acids is 2. The molecule has 0 atom stereocenters. The minimum atomic E-state index is -5.74. The van der Waals surface area contributed by atoms with Gasteiger partial charge in [-0.05, 0) is 77.6 Å². The number of nitrogens with zero attached hydrogens (tertiary/aromatic N) is 2. The van der Waals surface area contributed by atoms with E-state index in [0.29, 0.717) is 22.3 Å². The van der Waals surface area contributed by atoms with Crippen molar-refractivity contribution in [3.63, 3.8) is 0 Å². The van der Waals surface area contributed by atoms with Gasteiger partial charge in [0.25, 0.3) is 0 Å². The summed E-state index contributed by atoms with van der Waals surface area (Å²) in [5.41, 5.74) is 1.33. The Labute approximate surface area is 186 Å². The SMILES string of the molecule is Cc1cc(C)c(N2C(=O)C(C)(C)C(=O)[N+](c3c(C)cc(C)cc3C)=C2[B-](F)(F)F)c(C)c1. The van der Waals surface area contributed by atoms with Crippen LogP contribution in [0.3, 0.4) is 0 Å². The summed E-state index contributed by atoms with van der Waals surface area (Å²) in [5.74, 6) is -1.77. The highest BCUT2D eigenvalue weighted by Gasteiger charge is 2.60. The zero-order valence-corrected chi connectivity index (χ0v) is 19.7. The highest BCUT2D eigenvalue weighted by atomic mass is 19.4. The summed E-state index contributed by atoms with van der Waals surface area (Å²) in [7, 11) is 0. The first kappa shape index (κ1) is 23.8. The lowest BCUT2D eigenvalue weighted by molar-refractivity contribution is -0.378. The topological polar surface area (TPSA) is 40.4 Å². The predicted octanol–water partition coefficient (Wildman–Crippen LogP) is 5.57. The van der Waals surface area contributed by atoms with Crippen molar-refractivity contribution in [2.45, 2.75) is 55.4 Å². The average molecular weight is 444 g/mol. The van der Waals surface area contributed by atoms with E-state index in [2.05, 4.69) is 0 Å². The van der Waals surface area contributed by atoms with Crippen molar-refractivity contribution in [1.29, 1.82) is 0 Å². The number of benzene rings is 2. The van der Waals surface area contributed by atoms with Gasteiger partial charge < -0.3 is 12.9 Å². The Hall–Kier alpha value is -2.90. The molecule has 3 rings (SSSR count). The van der Waals surface area contributed by atoms with Crippen LogP contribution in [0.4, 0.5) is 24.3 Å². The molecular weight excluding hydrogens is 416 g/mol. The van der Waals surface area contributed by atoms with Gasteiger partial charge in [0.1, 0.15) is 11.4 Å². The van der Waals surface area contributed by atoms with Gasteiger partial charge in [-0.1, -0.05) is 35.4 Å². The maximum absolute atomic E-state index is 14.7. The molecule has 1 aliphatic heterocycles. The van der Waals surface area contributed by atoms with E-state index in [4.69, 9.17) is 0 Å². The molecule has 170 valence electrons. The summed E-state index contributed by atoms with van der Waals surface area (Å²) in [6, 6.07) is 6.97. The van der Waals surface area contributed by atoms with Crippen LogP contribution in [0.25, 0.3) is 0 Å². The second-order valence-electron chi connectivity index (χ2n) is 9.33. The summed E-state index contributed by atoms with van der Waals surface area (Å²) in [6.45, 7) is 7.44. The van der Waals surface area contributed by atoms with Crippen molar-refractivity contribution in [3.8, 4) is 0 Å². The van der Waals surface area contributed by atoms with E-state index in [0.717, 1.165) is 20.6 Å². The summed E-state index contributed by atoms with van der Waals surface area (Å²) < 4.78 is 44.9. The van der Waals surface area contributed by atoms with Gasteiger partial charge in [0, 0.05) is 0 Å². The van der Waals surface area contributed by atoms with Crippen LogP contribution in [0.5, 0.6) is 0 Å². The Kier molecular flexibility index (Phi) is 5.65. The maximum atomic E-state index is 14.7. The zero-order chi connectivity index (χ0) is 24.3. The fourth-order valence-corrected chi connectivity index (χ4v) is 4.73. The van der Waals surface area contributed by atoms with Crippen molar-refractivity contribution in [1.82, 2.24) is 0 Å². The molecule has 0 aliphatic carbocycles. The molecule has 4 nitrogen and oxygen atoms in total. The summed E-state index contributed by atoms with van der Waals surface area (Å²) in [4.78, 5) is 27.7. The average Bonchev–Trinajstić information content (AvgIpc) is 2.60. The molecule has 1 heterocycles. The van der Waals surface area contributed by atoms with Crippen LogP contribution < -0.4 is 4.90 Å². The minimum absolute atomic E-state index is 0.169. The van der Waals surface area contributed by atoms with Crippen LogP contribution in [0.2, 0.25) is 0 Å². The molecule has 2 aromatic rings. The third-order valence-electron chi connectivity index (χ3n) is 5.94. The summed E-state index contributed by atoms with van der Waals surface area (Å²) in [5, 5.41) is 0. The van der Waals surface area contributed by atoms with Crippen molar-refractivity contribution >= 4 is 35.9 Å². The number of amides is 2. The summed E-state index contributed by atoms with van der Waals surface area (Å²) in [6.07, 6.45) is 0. The Morgan fingerprint density at radius 2 is 1.19 bits per heavy atom. The van der Waals surface area contributed by atoms with E-state index in [1.165, 1.54) is 13.8 Å². The molecule has 0 saturated carbocycles. The molecule has 32 heavy (non-hydrogen) atoms. The van der Waals surface area contributed by atoms with Crippen molar-refractivity contribution in [3.05, 3.63) is 57.6 Å². The molecule has 0 bridgehead atoms. The Bertz CT molecular complexity index is 1150. The molecule has 0 radical (unpaired) electrons. The molecule has 0 unspecified atom stereocenters. The van der Waals surface area contributed by atoms with Gasteiger partial charge in [0.05, 0.1) is 0 Å². The Morgan fingerprint density at radius 3 is 1.59 bits per heavy atom. The van der Waals surface area contributed by atoms with Crippen LogP contribution in [0.1, 0.15) is 47.2 Å². The number of carbonyl (C=O) groups is 2. The van der Waals surface area contributed by atoms with Gasteiger partial charge in [0.15, 0.2) is 5.41 Å². The normalized spacial score (nSPS) is 16.8. The van der Waals surface area contributed by atoms with E-state index < -0.39 is 29.9 Å². The number of rotatable bonds is 3. The number of hydrogen-bond acceptors (Lipinski definition) is 2. The van der Waals surface area contributed by atoms with E-state index in [1.54, 1.807) is 52.0 Å². The van der Waals surface area contributed by atoms with Crippen molar-refractivity contribution < 1.29 is 27.1 Å². The number of amidine groups is 1. The van der Waals surface area contributed by atoms with Crippen molar-refractivity contribution in [2.75, 3.05) is 4.90 Å². The first-order valence-electron chi connectivity index (χ1n) is 10.5. The maximum Gasteiger partial charge on any atom is 0.590 e. The number of anilines is 1. The third kappa shape index (κ3) is 3.65. The summed E-state index contributed by atoms with van der Waals surface area (Å²) >= 11 is 0. The van der Waals surface area contributed by atoms with Gasteiger partial charge in [-0.15, -0.1) is 0 Å². The van der Waals surface area contributed by atoms with E-state index >= 15 is 0 Å². The van der Waals surface area contributed by atoms with Crippen LogP contribution in [-0.4, -0.2) is 29.1 Å². The smallest absolute Gasteiger partial charge is 0.440 e. The van der Waals surface area contributed by atoms with Crippen molar-refractivity contribution in [2.24, 2.45) is 5.41 Å². The largest absolute Gasteiger partial charge is 0.590 e. The highest BCUT2D eigenvalue weighted by Crippen LogP contribution is 2.40. The number of aryl methyl sites for hydroxylation is 6. The highest BCUT2D eigenvalue weighted by molar-refractivity contribution is 6.94. The second kappa shape index (κ2) is 7.61. The van der Waals surface area contributed by atoms with Gasteiger partial charge in [-0.3, -0.25) is 0 Å². The molecule has 8 heteroatoms. The van der Waals surface area contributed by atoms with Crippen LogP contribution in [-0.2, 0) is 9.59 Å². The van der Waals surface area contributed by atoms with E-state index in [9.17, 15) is 22.5 Å². The number of halogens is 3. The molecule has 2 amide bonds. The van der Waals surface area contributed by atoms with E-state index in [1.807, 2.05) is 13.8 Å². The molecule has 2 aromatic carbocycles. The van der Waals surface area contributed by atoms with Crippen LogP contribution >= 0.6 is 0 Å². The molecule has 0 N–H and O–H groups in total. The van der Waals surface area contributed by atoms with E-state index in [-0.39, 0.29) is 11.4 Å². The lowest BCUT2D eigenvalue weighted by atomic mass is 9.79. The standard InChI is InChI=1S/C24H28BF3N2O2/c1-13-9-15(3)19(16(4)10-13)29-21(31)24(7,8)22(32)30(23(29)25(26,27)28)20-17(5)11-14(2)12-18(20)6/h9-12H,1-8H3. The van der Waals surface area contributed by atoms with Gasteiger partial charge in [-0.25, -0.2) is 9.59 Å². The van der Waals surface area contributed by atoms with Gasteiger partial charge in [-0.2, -0.15) is 9.48 Å². The Morgan fingerprint density at radius 1 is 0.781 bits per heavy atom. The molecule has 0 spiro atoms. The Balaban J connectivity index is 2.56. The monoisotopic (exact) mass is 444 g/mol. The first-order chi connectivity index (χ1) is 14.6. The number of hydrogen-bond donors (Lipinski definition) is 0. The van der Waals surface area contributed by atoms with Gasteiger partial charge in [0.2, 0.25) is 5.73 Å². The second-order valence-corrected chi connectivity index (χ2v) is 9.33. The molecule has 1 aliphatic rings. The first-order valence-corrected chi connectivity index (χ1v) is 10.5. The lowest BCUT2D eigenvalue weighted by Crippen LogP contribution is -2.64. The minimum Gasteiger partial charge on any atom is -0.440 e. The quantitative estimate of drug-likeness (QED) is 0.353. The molecular formula is C24H28BF3N2O2. The molecule has 0 aromatic heterocycles. The van der Waals surface area contributed by atoms with Crippen LogP contribution in [0.15, 0.2) is 24.3 Å².